The second-order valence-electron chi connectivity index (χ2n) is 5.87. The molecule has 0 aliphatic carbocycles. The Morgan fingerprint density at radius 1 is 1.31 bits per heavy atom. The van der Waals surface area contributed by atoms with Crippen LogP contribution in [0.4, 0.5) is 0 Å². The van der Waals surface area contributed by atoms with E-state index in [2.05, 4.69) is 49.7 Å². The van der Waals surface area contributed by atoms with Gasteiger partial charge in [-0.25, -0.2) is 0 Å². The van der Waals surface area contributed by atoms with E-state index in [0.29, 0.717) is 0 Å². The summed E-state index contributed by atoms with van der Waals surface area (Å²) in [5.74, 6) is 1.32. The first-order chi connectivity index (χ1) is 7.47. The van der Waals surface area contributed by atoms with Crippen molar-refractivity contribution in [2.24, 2.45) is 0 Å². The highest BCUT2D eigenvalue weighted by Gasteiger charge is 2.15. The molecule has 1 unspecified atom stereocenters. The minimum absolute atomic E-state index is 0.274. The quantitative estimate of drug-likeness (QED) is 0.748. The van der Waals surface area contributed by atoms with Crippen LogP contribution in [0.25, 0.3) is 0 Å². The summed E-state index contributed by atoms with van der Waals surface area (Å²) < 4.78 is 0. The third-order valence-electron chi connectivity index (χ3n) is 2.88. The lowest BCUT2D eigenvalue weighted by atomic mass is 10.1. The van der Waals surface area contributed by atoms with Crippen molar-refractivity contribution in [2.45, 2.75) is 51.3 Å². The molecule has 0 aromatic carbocycles. The summed E-state index contributed by atoms with van der Waals surface area (Å²) in [6, 6.07) is 0. The molecule has 0 radical (unpaired) electrons. The zero-order valence-electron chi connectivity index (χ0n) is 11.4. The monoisotopic (exact) mass is 244 g/mol. The van der Waals surface area contributed by atoms with E-state index in [1.165, 1.54) is 38.2 Å². The van der Waals surface area contributed by atoms with Crippen molar-refractivity contribution in [2.75, 3.05) is 31.9 Å². The first-order valence-electron chi connectivity index (χ1n) is 6.56. The summed E-state index contributed by atoms with van der Waals surface area (Å²) in [5, 5.41) is 4.38. The molecule has 0 bridgehead atoms. The van der Waals surface area contributed by atoms with Crippen LogP contribution in [0.2, 0.25) is 0 Å². The molecule has 1 atom stereocenters. The number of rotatable bonds is 5. The molecule has 1 heterocycles. The van der Waals surface area contributed by atoms with Gasteiger partial charge < -0.3 is 10.2 Å². The standard InChI is InChI=1S/C13H28N2S/c1-12-11-15(9-10-16-12)8-6-5-7-14-13(2,3)4/h12,14H,5-11H2,1-4H3. The van der Waals surface area contributed by atoms with Gasteiger partial charge in [-0.05, 0) is 46.7 Å². The van der Waals surface area contributed by atoms with Crippen LogP contribution in [0.3, 0.4) is 0 Å². The molecule has 0 spiro atoms. The van der Waals surface area contributed by atoms with Crippen LogP contribution >= 0.6 is 11.8 Å². The normalized spacial score (nSPS) is 23.6. The van der Waals surface area contributed by atoms with Crippen molar-refractivity contribution >= 4 is 11.8 Å². The van der Waals surface area contributed by atoms with E-state index in [0.717, 1.165) is 11.8 Å². The summed E-state index contributed by atoms with van der Waals surface area (Å²) in [6.07, 6.45) is 2.63. The molecule has 1 saturated heterocycles. The molecule has 16 heavy (non-hydrogen) atoms. The minimum atomic E-state index is 0.274. The third-order valence-corrected chi connectivity index (χ3v) is 4.02. The van der Waals surface area contributed by atoms with Crippen LogP contribution in [-0.2, 0) is 0 Å². The zero-order valence-corrected chi connectivity index (χ0v) is 12.2. The van der Waals surface area contributed by atoms with E-state index >= 15 is 0 Å². The van der Waals surface area contributed by atoms with Gasteiger partial charge in [0, 0.05) is 29.6 Å². The van der Waals surface area contributed by atoms with E-state index in [-0.39, 0.29) is 5.54 Å². The average molecular weight is 244 g/mol. The largest absolute Gasteiger partial charge is 0.312 e. The number of hydrogen-bond donors (Lipinski definition) is 1. The van der Waals surface area contributed by atoms with Gasteiger partial charge in [0.25, 0.3) is 0 Å². The molecule has 0 amide bonds. The first kappa shape index (κ1) is 14.3. The third kappa shape index (κ3) is 6.77. The maximum atomic E-state index is 3.55. The molecule has 0 saturated carbocycles. The van der Waals surface area contributed by atoms with E-state index < -0.39 is 0 Å². The van der Waals surface area contributed by atoms with Gasteiger partial charge in [0.05, 0.1) is 0 Å². The molecule has 0 aromatic rings. The zero-order chi connectivity index (χ0) is 12.0. The lowest BCUT2D eigenvalue weighted by Crippen LogP contribution is -2.38. The Morgan fingerprint density at radius 3 is 2.69 bits per heavy atom. The van der Waals surface area contributed by atoms with Crippen molar-refractivity contribution in [1.29, 1.82) is 0 Å². The Bertz CT molecular complexity index is 189. The van der Waals surface area contributed by atoms with Crippen molar-refractivity contribution in [1.82, 2.24) is 10.2 Å². The predicted molar refractivity (Wildman–Crippen MR) is 75.3 cm³/mol. The average Bonchev–Trinajstić information content (AvgIpc) is 2.15. The highest BCUT2D eigenvalue weighted by atomic mass is 32.2. The van der Waals surface area contributed by atoms with E-state index in [9.17, 15) is 0 Å². The number of thioether (sulfide) groups is 1. The molecule has 1 aliphatic heterocycles. The van der Waals surface area contributed by atoms with Gasteiger partial charge in [-0.3, -0.25) is 0 Å². The van der Waals surface area contributed by atoms with Gasteiger partial charge in [-0.15, -0.1) is 0 Å². The van der Waals surface area contributed by atoms with E-state index in [4.69, 9.17) is 0 Å². The Hall–Kier alpha value is 0.270. The molecule has 96 valence electrons. The van der Waals surface area contributed by atoms with Crippen molar-refractivity contribution in [3.05, 3.63) is 0 Å². The Kier molecular flexibility index (Phi) is 6.16. The van der Waals surface area contributed by atoms with Gasteiger partial charge in [0.2, 0.25) is 0 Å². The fourth-order valence-corrected chi connectivity index (χ4v) is 3.10. The molecule has 3 heteroatoms. The van der Waals surface area contributed by atoms with Crippen LogP contribution < -0.4 is 5.32 Å². The smallest absolute Gasteiger partial charge is 0.0147 e. The van der Waals surface area contributed by atoms with E-state index in [1.807, 2.05) is 0 Å². The van der Waals surface area contributed by atoms with Gasteiger partial charge in [0.1, 0.15) is 0 Å². The Balaban J connectivity index is 1.98. The lowest BCUT2D eigenvalue weighted by Gasteiger charge is -2.30. The number of nitrogens with one attached hydrogen (secondary N) is 1. The lowest BCUT2D eigenvalue weighted by molar-refractivity contribution is 0.277. The summed E-state index contributed by atoms with van der Waals surface area (Å²) in [7, 11) is 0. The molecule has 2 nitrogen and oxygen atoms in total. The maximum Gasteiger partial charge on any atom is 0.0147 e. The Labute approximate surface area is 106 Å². The second kappa shape index (κ2) is 6.87. The minimum Gasteiger partial charge on any atom is -0.312 e. The van der Waals surface area contributed by atoms with E-state index in [1.54, 1.807) is 0 Å². The van der Waals surface area contributed by atoms with Gasteiger partial charge >= 0.3 is 0 Å². The van der Waals surface area contributed by atoms with Crippen LogP contribution in [0.5, 0.6) is 0 Å². The van der Waals surface area contributed by atoms with Crippen LogP contribution in [0.15, 0.2) is 0 Å². The topological polar surface area (TPSA) is 15.3 Å². The summed E-state index contributed by atoms with van der Waals surface area (Å²) in [4.78, 5) is 2.62. The van der Waals surface area contributed by atoms with Crippen molar-refractivity contribution in [3.8, 4) is 0 Å². The fourth-order valence-electron chi connectivity index (χ4n) is 2.02. The summed E-state index contributed by atoms with van der Waals surface area (Å²) in [5.41, 5.74) is 0.274. The van der Waals surface area contributed by atoms with Crippen LogP contribution in [0, 0.1) is 0 Å². The number of unbranched alkanes of at least 4 members (excludes halogenated alkanes) is 1. The highest BCUT2D eigenvalue weighted by molar-refractivity contribution is 7.99. The predicted octanol–water partition coefficient (Wildman–Crippen LogP) is 2.59. The SMILES string of the molecule is CC1CN(CCCCNC(C)(C)C)CCS1. The molecule has 1 aliphatic rings. The number of nitrogens with zero attached hydrogens (tertiary/aromatic N) is 1. The van der Waals surface area contributed by atoms with Crippen LogP contribution in [0.1, 0.15) is 40.5 Å². The highest BCUT2D eigenvalue weighted by Crippen LogP contribution is 2.17. The molecule has 1 N–H and O–H groups in total. The summed E-state index contributed by atoms with van der Waals surface area (Å²) >= 11 is 2.11. The second-order valence-corrected chi connectivity index (χ2v) is 7.41. The van der Waals surface area contributed by atoms with Gasteiger partial charge in [0.15, 0.2) is 0 Å². The maximum absolute atomic E-state index is 3.55. The number of hydrogen-bond acceptors (Lipinski definition) is 3. The van der Waals surface area contributed by atoms with Crippen molar-refractivity contribution < 1.29 is 0 Å². The van der Waals surface area contributed by atoms with Crippen molar-refractivity contribution in [3.63, 3.8) is 0 Å². The molecule has 0 aromatic heterocycles. The van der Waals surface area contributed by atoms with Crippen LogP contribution in [-0.4, -0.2) is 47.6 Å². The van der Waals surface area contributed by atoms with Gasteiger partial charge in [-0.1, -0.05) is 6.92 Å². The first-order valence-corrected chi connectivity index (χ1v) is 7.61. The molecular formula is C13H28N2S. The molecular weight excluding hydrogens is 216 g/mol. The van der Waals surface area contributed by atoms with Gasteiger partial charge in [-0.2, -0.15) is 11.8 Å². The molecule has 1 fully saturated rings. The fraction of sp³-hybridized carbons (Fsp3) is 1.00. The summed E-state index contributed by atoms with van der Waals surface area (Å²) in [6.45, 7) is 14.1. The molecule has 1 rings (SSSR count). The Morgan fingerprint density at radius 2 is 2.06 bits per heavy atom.